The van der Waals surface area contributed by atoms with Crippen molar-refractivity contribution in [2.75, 3.05) is 25.3 Å². The van der Waals surface area contributed by atoms with Crippen LogP contribution >= 0.6 is 0 Å². The molecule has 0 radical (unpaired) electrons. The van der Waals surface area contributed by atoms with Gasteiger partial charge in [0.25, 0.3) is 5.91 Å². The molecule has 8 heteroatoms. The first-order valence-electron chi connectivity index (χ1n) is 7.64. The highest BCUT2D eigenvalue weighted by molar-refractivity contribution is 7.89. The van der Waals surface area contributed by atoms with E-state index >= 15 is 0 Å². The van der Waals surface area contributed by atoms with Gasteiger partial charge in [-0.1, -0.05) is 12.1 Å². The number of anilines is 1. The normalized spacial score (nSPS) is 10.8. The summed E-state index contributed by atoms with van der Waals surface area (Å²) < 4.78 is 32.5. The minimum Gasteiger partial charge on any atom is -0.482 e. The number of hydrogen-bond acceptors (Lipinski definition) is 6. The van der Waals surface area contributed by atoms with Crippen LogP contribution in [0.15, 0.2) is 48.5 Å². The molecule has 26 heavy (non-hydrogen) atoms. The molecule has 2 aromatic carbocycles. The maximum atomic E-state index is 12.3. The van der Waals surface area contributed by atoms with E-state index in [4.69, 9.17) is 4.74 Å². The Bertz CT molecular complexity index is 890. The lowest BCUT2D eigenvalue weighted by Crippen LogP contribution is -2.13. The van der Waals surface area contributed by atoms with Crippen molar-refractivity contribution < 1.29 is 27.5 Å². The average Bonchev–Trinajstić information content (AvgIpc) is 2.59. The molecule has 0 atom stereocenters. The van der Waals surface area contributed by atoms with Gasteiger partial charge in [0.05, 0.1) is 12.9 Å². The van der Waals surface area contributed by atoms with Gasteiger partial charge in [-0.05, 0) is 42.0 Å². The number of carbonyl (C=O) groups excluding carboxylic acids is 2. The Hall–Kier alpha value is -2.87. The predicted molar refractivity (Wildman–Crippen MR) is 96.9 cm³/mol. The first kappa shape index (κ1) is 19.5. The summed E-state index contributed by atoms with van der Waals surface area (Å²) in [5.41, 5.74) is 1.44. The van der Waals surface area contributed by atoms with Crippen molar-refractivity contribution in [1.82, 2.24) is 0 Å². The molecule has 0 heterocycles. The molecule has 0 unspecified atom stereocenters. The Morgan fingerprint density at radius 1 is 1.08 bits per heavy atom. The van der Waals surface area contributed by atoms with Gasteiger partial charge >= 0.3 is 5.97 Å². The van der Waals surface area contributed by atoms with E-state index in [1.165, 1.54) is 7.11 Å². The van der Waals surface area contributed by atoms with E-state index in [1.807, 2.05) is 0 Å². The quantitative estimate of drug-likeness (QED) is 0.742. The molecule has 0 aromatic heterocycles. The third-order valence-corrected chi connectivity index (χ3v) is 4.17. The predicted octanol–water partition coefficient (Wildman–Crippen LogP) is 2.04. The number of methoxy groups -OCH3 is 1. The lowest BCUT2D eigenvalue weighted by molar-refractivity contribution is -0.142. The topological polar surface area (TPSA) is 98.8 Å². The summed E-state index contributed by atoms with van der Waals surface area (Å²) >= 11 is 0. The van der Waals surface area contributed by atoms with E-state index in [0.717, 1.165) is 6.26 Å². The Balaban J connectivity index is 2.01. The summed E-state index contributed by atoms with van der Waals surface area (Å²) in [6.45, 7) is -0.199. The zero-order valence-electron chi connectivity index (χ0n) is 14.4. The van der Waals surface area contributed by atoms with Crippen LogP contribution in [-0.4, -0.2) is 40.3 Å². The lowest BCUT2D eigenvalue weighted by Gasteiger charge is -2.08. The van der Waals surface area contributed by atoms with Crippen LogP contribution in [0.3, 0.4) is 0 Å². The van der Waals surface area contributed by atoms with Gasteiger partial charge in [0.2, 0.25) is 0 Å². The molecule has 0 saturated carbocycles. The van der Waals surface area contributed by atoms with Gasteiger partial charge in [0, 0.05) is 17.5 Å². The molecule has 1 amide bonds. The molecule has 0 aliphatic rings. The number of nitrogens with one attached hydrogen (secondary N) is 1. The van der Waals surface area contributed by atoms with Gasteiger partial charge < -0.3 is 14.8 Å². The number of rotatable bonds is 7. The van der Waals surface area contributed by atoms with Crippen molar-refractivity contribution >= 4 is 27.4 Å². The van der Waals surface area contributed by atoms with Crippen molar-refractivity contribution in [2.45, 2.75) is 5.75 Å². The van der Waals surface area contributed by atoms with Gasteiger partial charge in [-0.15, -0.1) is 0 Å². The highest BCUT2D eigenvalue weighted by Crippen LogP contribution is 2.17. The van der Waals surface area contributed by atoms with E-state index in [0.29, 0.717) is 22.6 Å². The number of hydrogen-bond donors (Lipinski definition) is 1. The smallest absolute Gasteiger partial charge is 0.343 e. The van der Waals surface area contributed by atoms with Gasteiger partial charge in [0.15, 0.2) is 16.4 Å². The molecule has 0 fully saturated rings. The highest BCUT2D eigenvalue weighted by atomic mass is 32.2. The molecule has 138 valence electrons. The molecule has 0 bridgehead atoms. The highest BCUT2D eigenvalue weighted by Gasteiger charge is 2.10. The maximum absolute atomic E-state index is 12.3. The fourth-order valence-electron chi connectivity index (χ4n) is 2.14. The zero-order valence-corrected chi connectivity index (χ0v) is 15.2. The molecule has 7 nitrogen and oxygen atoms in total. The molecule has 2 rings (SSSR count). The van der Waals surface area contributed by atoms with Crippen molar-refractivity contribution in [2.24, 2.45) is 0 Å². The second-order valence-corrected chi connectivity index (χ2v) is 7.75. The Morgan fingerprint density at radius 3 is 2.38 bits per heavy atom. The minimum absolute atomic E-state index is 0.125. The summed E-state index contributed by atoms with van der Waals surface area (Å²) in [5.74, 6) is -0.510. The Morgan fingerprint density at radius 2 is 1.77 bits per heavy atom. The summed E-state index contributed by atoms with van der Waals surface area (Å²) in [5, 5.41) is 2.72. The molecule has 0 aliphatic heterocycles. The first-order valence-corrected chi connectivity index (χ1v) is 9.70. The number of esters is 1. The fraction of sp³-hybridized carbons (Fsp3) is 0.222. The van der Waals surface area contributed by atoms with Gasteiger partial charge in [-0.25, -0.2) is 13.2 Å². The van der Waals surface area contributed by atoms with Crippen LogP contribution in [0.2, 0.25) is 0 Å². The van der Waals surface area contributed by atoms with Crippen LogP contribution in [0.5, 0.6) is 5.75 Å². The van der Waals surface area contributed by atoms with E-state index < -0.39 is 15.8 Å². The molecule has 0 saturated heterocycles. The van der Waals surface area contributed by atoms with Crippen molar-refractivity contribution in [3.63, 3.8) is 0 Å². The number of ether oxygens (including phenoxy) is 2. The molecule has 1 N–H and O–H groups in total. The minimum atomic E-state index is -3.18. The van der Waals surface area contributed by atoms with Gasteiger partial charge in [-0.3, -0.25) is 4.79 Å². The van der Waals surface area contributed by atoms with Crippen LogP contribution < -0.4 is 10.1 Å². The number of benzene rings is 2. The number of amides is 1. The van der Waals surface area contributed by atoms with Crippen molar-refractivity contribution in [3.8, 4) is 5.75 Å². The van der Waals surface area contributed by atoms with Crippen LogP contribution in [0.1, 0.15) is 15.9 Å². The van der Waals surface area contributed by atoms with Crippen LogP contribution in [-0.2, 0) is 25.1 Å². The molecular formula is C18H19NO6S. The molecule has 0 aliphatic carbocycles. The second-order valence-electron chi connectivity index (χ2n) is 5.61. The molecule has 2 aromatic rings. The first-order chi connectivity index (χ1) is 12.3. The lowest BCUT2D eigenvalue weighted by atomic mass is 10.1. The second kappa shape index (κ2) is 8.48. The average molecular weight is 377 g/mol. The summed E-state index contributed by atoms with van der Waals surface area (Å²) in [6.07, 6.45) is 1.14. The fourth-order valence-corrected chi connectivity index (χ4v) is 2.93. The third-order valence-electron chi connectivity index (χ3n) is 3.31. The monoisotopic (exact) mass is 377 g/mol. The van der Waals surface area contributed by atoms with Crippen molar-refractivity contribution in [1.29, 1.82) is 0 Å². The summed E-state index contributed by atoms with van der Waals surface area (Å²) in [4.78, 5) is 23.3. The number of carbonyl (C=O) groups is 2. The number of sulfone groups is 1. The maximum Gasteiger partial charge on any atom is 0.343 e. The standard InChI is InChI=1S/C18H19NO6S/c1-24-17(20)11-25-16-8-6-15(7-9-16)19-18(21)14-5-3-4-13(10-14)12-26(2,22)23/h3-10H,11-12H2,1-2H3,(H,19,21). The summed E-state index contributed by atoms with van der Waals surface area (Å²) in [6, 6.07) is 12.9. The van der Waals surface area contributed by atoms with Crippen LogP contribution in [0, 0.1) is 0 Å². The van der Waals surface area contributed by atoms with E-state index in [-0.39, 0.29) is 18.3 Å². The molecular weight excluding hydrogens is 358 g/mol. The van der Waals surface area contributed by atoms with E-state index in [1.54, 1.807) is 48.5 Å². The zero-order chi connectivity index (χ0) is 19.2. The van der Waals surface area contributed by atoms with E-state index in [2.05, 4.69) is 10.1 Å². The third kappa shape index (κ3) is 6.21. The summed E-state index contributed by atoms with van der Waals surface area (Å²) in [7, 11) is -1.90. The Labute approximate surface area is 151 Å². The van der Waals surface area contributed by atoms with Crippen LogP contribution in [0.4, 0.5) is 5.69 Å². The van der Waals surface area contributed by atoms with Crippen LogP contribution in [0.25, 0.3) is 0 Å². The van der Waals surface area contributed by atoms with E-state index in [9.17, 15) is 18.0 Å². The van der Waals surface area contributed by atoms with Crippen molar-refractivity contribution in [3.05, 3.63) is 59.7 Å². The Kier molecular flexibility index (Phi) is 6.35. The SMILES string of the molecule is COC(=O)COc1ccc(NC(=O)c2cccc(CS(C)(=O)=O)c2)cc1. The van der Waals surface area contributed by atoms with Gasteiger partial charge in [-0.2, -0.15) is 0 Å². The largest absolute Gasteiger partial charge is 0.482 e. The van der Waals surface area contributed by atoms with Gasteiger partial charge in [0.1, 0.15) is 5.75 Å². The molecule has 0 spiro atoms.